The minimum absolute atomic E-state index is 0. The van der Waals surface area contributed by atoms with Crippen LogP contribution in [0.5, 0.6) is 34.8 Å². The van der Waals surface area contributed by atoms with E-state index in [0.29, 0.717) is 82.5 Å². The summed E-state index contributed by atoms with van der Waals surface area (Å²) in [5.41, 5.74) is 3.44. The number of carbonyl (C=O) groups excluding carboxylic acids is 9. The van der Waals surface area contributed by atoms with Crippen molar-refractivity contribution in [3.8, 4) is 34.8 Å². The van der Waals surface area contributed by atoms with Gasteiger partial charge in [0.2, 0.25) is 29.5 Å². The van der Waals surface area contributed by atoms with Crippen LogP contribution in [0.3, 0.4) is 0 Å². The number of rotatable bonds is 6. The number of hydrogen-bond acceptors (Lipinski definition) is 23. The molecule has 3 aromatic carbocycles. The largest absolute Gasteiger partial charge is 0.540 e. The van der Waals surface area contributed by atoms with Crippen LogP contribution in [-0.4, -0.2) is 189 Å². The van der Waals surface area contributed by atoms with Gasteiger partial charge < -0.3 is 66.9 Å². The first-order chi connectivity index (χ1) is 59.8. The molecule has 10 aliphatic rings. The third kappa shape index (κ3) is 22.1. The number of benzene rings is 3. The molecule has 2 unspecified atom stereocenters. The quantitative estimate of drug-likeness (QED) is 0.0849. The molecule has 3 saturated heterocycles. The van der Waals surface area contributed by atoms with E-state index in [1.807, 2.05) is 158 Å². The van der Waals surface area contributed by atoms with Crippen LogP contribution >= 0.6 is 0 Å². The molecule has 128 heavy (non-hydrogen) atoms. The van der Waals surface area contributed by atoms with Crippen LogP contribution in [0.2, 0.25) is 0 Å². The van der Waals surface area contributed by atoms with Crippen molar-refractivity contribution in [1.29, 1.82) is 0 Å². The molecular weight excluding hydrogens is 1700 g/mol. The van der Waals surface area contributed by atoms with Crippen molar-refractivity contribution in [1.82, 2.24) is 39.6 Å². The summed E-state index contributed by atoms with van der Waals surface area (Å²) in [6.45, 7) is 29.5. The minimum Gasteiger partial charge on any atom is -0.540 e. The zero-order valence-electron chi connectivity index (χ0n) is 78.2. The first-order valence-corrected chi connectivity index (χ1v) is 46.2. The van der Waals surface area contributed by atoms with Crippen LogP contribution in [-0.2, 0) is 114 Å². The fraction of sp³-hybridized carbons (Fsp3) is 0.660. The summed E-state index contributed by atoms with van der Waals surface area (Å²) < 4.78 is 54.0. The number of nitrogens with zero attached hydrogens (tertiary/aromatic N) is 8. The molecular formula is C100H132N8O18V2-2. The molecule has 0 N–H and O–H groups in total. The Kier molecular flexibility index (Phi) is 31.1. The van der Waals surface area contributed by atoms with Gasteiger partial charge in [-0.05, 0) is 198 Å². The SMILES string of the molecule is COc1ccc2nc3c(cc2c1)O[C@H]1CN(C(=O)[C@H](C(C)(C)C)CC(=O)O[C@@H]2C[C@H]2CCCCC3)[C@H]([C-]=O)[C@@H]1C.COc1ccc2nc3c(nc2c1)O[C@H]1CN(C(=O)[C@H](C(C)(C)C)CC(=O)O[C@@H]2CC4CC4[C@H]2CCCCC3)[C@H](C(C)=O)C1(C)C.COc1ccc2nc3c(nc2c1)O[C@H]1CN(C(=O)[C@H](C(C)(C)C)CC(=O)O[C@]2(C)C[C@H]2CCCCC3)[C@H]([C-]=O)[C@@H]1C.[V].[V]. The van der Waals surface area contributed by atoms with E-state index in [1.54, 1.807) is 31.1 Å². The Bertz CT molecular complexity index is 5070. The van der Waals surface area contributed by atoms with E-state index >= 15 is 0 Å². The molecule has 28 heteroatoms. The fourth-order valence-electron chi connectivity index (χ4n) is 20.8. The van der Waals surface area contributed by atoms with E-state index < -0.39 is 81.5 Å². The Morgan fingerprint density at radius 3 is 1.43 bits per heavy atom. The van der Waals surface area contributed by atoms with E-state index in [-0.39, 0.29) is 141 Å². The number of aryl methyl sites for hydroxylation is 3. The van der Waals surface area contributed by atoms with Crippen LogP contribution < -0.4 is 28.4 Å². The molecule has 4 saturated carbocycles. The monoisotopic (exact) mass is 1830 g/mol. The molecule has 26 nitrogen and oxygen atoms in total. The molecule has 9 heterocycles. The summed E-state index contributed by atoms with van der Waals surface area (Å²) in [5, 5.41) is 0.906. The summed E-state index contributed by atoms with van der Waals surface area (Å²) in [5.74, 6) is 1.74. The number of carbonyl (C=O) groups is 7. The fourth-order valence-corrected chi connectivity index (χ4v) is 20.8. The van der Waals surface area contributed by atoms with Crippen LogP contribution in [0.15, 0.2) is 60.7 Å². The number of ether oxygens (including phenoxy) is 9. The van der Waals surface area contributed by atoms with Crippen molar-refractivity contribution in [2.75, 3.05) is 41.0 Å². The molecule has 0 spiro atoms. The van der Waals surface area contributed by atoms with Gasteiger partial charge in [0, 0.05) is 66.0 Å². The molecule has 3 aromatic heterocycles. The molecule has 16 rings (SSSR count). The Hall–Kier alpha value is -8.45. The van der Waals surface area contributed by atoms with E-state index in [2.05, 4.69) is 12.6 Å². The van der Waals surface area contributed by atoms with Crippen LogP contribution in [0.1, 0.15) is 243 Å². The average Bonchev–Trinajstić information content (AvgIpc) is 1.61. The predicted octanol–water partition coefficient (Wildman–Crippen LogP) is 15.8. The second-order valence-electron chi connectivity index (χ2n) is 41.7. The van der Waals surface area contributed by atoms with E-state index in [4.69, 9.17) is 67.6 Å². The zero-order valence-corrected chi connectivity index (χ0v) is 81.0. The number of Topliss-reactive ketones (excluding diaryl/α,β-unsaturated/α-hetero) is 1. The van der Waals surface area contributed by atoms with Gasteiger partial charge in [-0.15, -0.1) is 0 Å². The standard InChI is InChI=1S/C36H49N3O6.C32H42N3O6.C32H41N2O6.2V/c1-20(40)32-36(5,6)30-19-39(32)34(42)25(35(2,3)4)18-31(41)44-29-16-21-15-24(21)23(29)11-9-8-10-12-27-33(45-30)38-28-17-22(43-7)13-14-26(28)37-27;1-19-26(18-36)35-17-27(19)40-29-24(33-23-13-12-21(39-6)14-25(23)34-29)11-9-7-8-10-20-16-32(20,5)41-28(37)15-22(30(35)38)31(2,3)4;1-19-26(18-35)34-17-29(19)39-28-15-21-13-22(38-5)11-12-24(21)33-25(28)10-8-6-7-9-20-14-27(20)40-30(36)16-23(31(34)37)32(2,3)4;;/h13-14,17,21,23-25,29-30,32H,8-12,15-16,18-19H2,1-7H3;12-14,19-20,22,26-27H,7-11,15-17H2,1-6H3;11-13,15,19-20,23,26-27,29H,6-10,14,16-17H2,1-5H3;;/q;2*-1;;/t21?,23-,24?,25-,29-,30+,32-;19-,20+,22+,26+,27-,32+;19-,20+,23+,26+,27+,29-;;/m100../s1. The molecule has 6 aliphatic heterocycles. The molecule has 6 bridgehead atoms. The van der Waals surface area contributed by atoms with E-state index in [0.717, 1.165) is 148 Å². The number of aromatic nitrogens is 5. The first kappa shape index (κ1) is 98.6. The molecule has 4 aliphatic carbocycles. The van der Waals surface area contributed by atoms with Gasteiger partial charge >= 0.3 is 17.9 Å². The van der Waals surface area contributed by atoms with Gasteiger partial charge in [0.25, 0.3) is 0 Å². The second-order valence-corrected chi connectivity index (χ2v) is 41.7. The summed E-state index contributed by atoms with van der Waals surface area (Å²) in [7, 11) is 4.86. The van der Waals surface area contributed by atoms with Gasteiger partial charge in [0.05, 0.1) is 117 Å². The van der Waals surface area contributed by atoms with Gasteiger partial charge in [-0.2, -0.15) is 0 Å². The molecule has 3 amide bonds. The number of hydrogen-bond donors (Lipinski definition) is 0. The average molecular weight is 1840 g/mol. The second kappa shape index (κ2) is 40.3. The Labute approximate surface area is 778 Å². The summed E-state index contributed by atoms with van der Waals surface area (Å²) >= 11 is 0. The van der Waals surface area contributed by atoms with Gasteiger partial charge in [-0.3, -0.25) is 33.6 Å². The Morgan fingerprint density at radius 1 is 0.461 bits per heavy atom. The topological polar surface area (TPSA) is 311 Å². The van der Waals surface area contributed by atoms with Crippen molar-refractivity contribution < 1.29 is 123 Å². The maximum absolute atomic E-state index is 14.4. The summed E-state index contributed by atoms with van der Waals surface area (Å²) in [6, 6.07) is 16.8. The number of esters is 3. The first-order valence-electron chi connectivity index (χ1n) is 46.2. The van der Waals surface area contributed by atoms with Crippen molar-refractivity contribution in [3.63, 3.8) is 0 Å². The molecule has 7 fully saturated rings. The summed E-state index contributed by atoms with van der Waals surface area (Å²) in [4.78, 5) is 149. The van der Waals surface area contributed by atoms with E-state index in [9.17, 15) is 43.2 Å². The summed E-state index contributed by atoms with van der Waals surface area (Å²) in [6.07, 6.45) is 20.8. The number of ketones is 1. The number of amides is 3. The molecule has 6 aromatic rings. The normalized spacial score (nSPS) is 30.6. The van der Waals surface area contributed by atoms with E-state index in [1.165, 1.54) is 18.2 Å². The van der Waals surface area contributed by atoms with Crippen molar-refractivity contribution in [2.45, 2.75) is 299 Å². The predicted molar refractivity (Wildman–Crippen MR) is 474 cm³/mol. The Morgan fingerprint density at radius 2 is 0.914 bits per heavy atom. The maximum atomic E-state index is 14.4. The maximum Gasteiger partial charge on any atom is 0.307 e. The van der Waals surface area contributed by atoms with Crippen molar-refractivity contribution >= 4 is 87.0 Å². The zero-order chi connectivity index (χ0) is 90.4. The van der Waals surface area contributed by atoms with Crippen LogP contribution in [0, 0.1) is 80.8 Å². The molecule has 692 valence electrons. The number of methoxy groups -OCH3 is 3. The number of fused-ring (bicyclic) bond motifs is 17. The van der Waals surface area contributed by atoms with Gasteiger partial charge in [-0.1, -0.05) is 141 Å². The Balaban J connectivity index is 0.000000173. The van der Waals surface area contributed by atoms with Gasteiger partial charge in [0.15, 0.2) is 5.78 Å². The van der Waals surface area contributed by atoms with Crippen molar-refractivity contribution in [2.24, 2.45) is 80.8 Å². The van der Waals surface area contributed by atoms with Crippen LogP contribution in [0.25, 0.3) is 33.0 Å². The third-order valence-corrected chi connectivity index (χ3v) is 29.2. The molecule has 19 atom stereocenters. The van der Waals surface area contributed by atoms with Crippen LogP contribution in [0.4, 0.5) is 0 Å². The van der Waals surface area contributed by atoms with Crippen molar-refractivity contribution in [3.05, 3.63) is 77.7 Å². The third-order valence-electron chi connectivity index (χ3n) is 29.2. The van der Waals surface area contributed by atoms with Gasteiger partial charge in [0.1, 0.15) is 70.5 Å². The smallest absolute Gasteiger partial charge is 0.307 e. The number of pyridine rings is 1. The minimum atomic E-state index is -0.794. The van der Waals surface area contributed by atoms with Gasteiger partial charge in [-0.25, -0.2) is 37.5 Å². The molecule has 2 radical (unpaired) electrons.